The monoisotopic (exact) mass is 207 g/mol. The van der Waals surface area contributed by atoms with Gasteiger partial charge in [-0.1, -0.05) is 19.9 Å². The molecule has 0 saturated carbocycles. The molecule has 3 heteroatoms. The number of hydrogen-bond acceptors (Lipinski definition) is 2. The Bertz CT molecular complexity index is 359. The van der Waals surface area contributed by atoms with E-state index in [1.807, 2.05) is 13.0 Å². The molecule has 0 aliphatic heterocycles. The van der Waals surface area contributed by atoms with E-state index in [1.54, 1.807) is 12.1 Å². The Morgan fingerprint density at radius 1 is 1.47 bits per heavy atom. The minimum atomic E-state index is -0.874. The summed E-state index contributed by atoms with van der Waals surface area (Å²) in [4.78, 5) is 10.7. The Balaban J connectivity index is 2.79. The Morgan fingerprint density at radius 2 is 2.13 bits per heavy atom. The van der Waals surface area contributed by atoms with Crippen LogP contribution in [0.5, 0.6) is 0 Å². The number of aromatic carboxylic acids is 1. The van der Waals surface area contributed by atoms with Crippen LogP contribution in [0.3, 0.4) is 0 Å². The third-order valence-corrected chi connectivity index (χ3v) is 2.29. The van der Waals surface area contributed by atoms with Crippen molar-refractivity contribution >= 4 is 5.97 Å². The second-order valence-corrected chi connectivity index (χ2v) is 3.98. The first-order valence-electron chi connectivity index (χ1n) is 5.07. The van der Waals surface area contributed by atoms with Gasteiger partial charge in [-0.25, -0.2) is 4.79 Å². The number of nitrogens with one attached hydrogen (secondary N) is 1. The number of hydrogen-bond donors (Lipinski definition) is 2. The predicted octanol–water partition coefficient (Wildman–Crippen LogP) is 2.19. The van der Waals surface area contributed by atoms with Crippen molar-refractivity contribution in [1.29, 1.82) is 0 Å². The highest BCUT2D eigenvalue weighted by molar-refractivity contribution is 5.87. The van der Waals surface area contributed by atoms with Crippen LogP contribution in [0.25, 0.3) is 0 Å². The molecule has 3 nitrogen and oxygen atoms in total. The zero-order valence-electron chi connectivity index (χ0n) is 9.37. The highest BCUT2D eigenvalue weighted by Crippen LogP contribution is 2.11. The molecular formula is C12H17NO2. The third kappa shape index (κ3) is 3.36. The van der Waals surface area contributed by atoms with Gasteiger partial charge in [-0.05, 0) is 30.2 Å². The van der Waals surface area contributed by atoms with Crippen LogP contribution in [0, 0.1) is 6.92 Å². The summed E-state index contributed by atoms with van der Waals surface area (Å²) in [6.45, 7) is 6.88. The van der Waals surface area contributed by atoms with Gasteiger partial charge < -0.3 is 10.4 Å². The number of carbonyl (C=O) groups is 1. The van der Waals surface area contributed by atoms with Crippen LogP contribution in [-0.2, 0) is 6.54 Å². The maximum absolute atomic E-state index is 10.7. The average molecular weight is 207 g/mol. The van der Waals surface area contributed by atoms with Crippen molar-refractivity contribution in [3.05, 3.63) is 34.9 Å². The first-order valence-corrected chi connectivity index (χ1v) is 5.07. The lowest BCUT2D eigenvalue weighted by Gasteiger charge is -2.10. The first kappa shape index (κ1) is 11.7. The predicted molar refractivity (Wildman–Crippen MR) is 60.1 cm³/mol. The van der Waals surface area contributed by atoms with Crippen molar-refractivity contribution in [3.63, 3.8) is 0 Å². The fourth-order valence-corrected chi connectivity index (χ4v) is 1.34. The van der Waals surface area contributed by atoms with Crippen LogP contribution in [0.4, 0.5) is 0 Å². The molecule has 82 valence electrons. The normalized spacial score (nSPS) is 10.7. The molecule has 0 unspecified atom stereocenters. The molecule has 0 radical (unpaired) electrons. The van der Waals surface area contributed by atoms with Gasteiger partial charge in [0.15, 0.2) is 0 Å². The van der Waals surface area contributed by atoms with Crippen molar-refractivity contribution in [2.45, 2.75) is 33.4 Å². The summed E-state index contributed by atoms with van der Waals surface area (Å²) < 4.78 is 0. The standard InChI is InChI=1S/C12H17NO2/c1-8(2)13-7-11-5-4-10(12(14)15)6-9(11)3/h4-6,8,13H,7H2,1-3H3,(H,14,15). The van der Waals surface area contributed by atoms with Gasteiger partial charge in [0.05, 0.1) is 5.56 Å². The van der Waals surface area contributed by atoms with E-state index in [2.05, 4.69) is 19.2 Å². The summed E-state index contributed by atoms with van der Waals surface area (Å²) in [6, 6.07) is 5.66. The quantitative estimate of drug-likeness (QED) is 0.795. The summed E-state index contributed by atoms with van der Waals surface area (Å²) in [5.41, 5.74) is 2.51. The lowest BCUT2D eigenvalue weighted by atomic mass is 10.0. The van der Waals surface area contributed by atoms with E-state index in [4.69, 9.17) is 5.11 Å². The molecule has 1 aromatic rings. The van der Waals surface area contributed by atoms with Crippen LogP contribution in [0.1, 0.15) is 35.3 Å². The number of benzene rings is 1. The van der Waals surface area contributed by atoms with E-state index in [-0.39, 0.29) is 0 Å². The van der Waals surface area contributed by atoms with Gasteiger partial charge in [-0.2, -0.15) is 0 Å². The number of carboxylic acid groups (broad SMARTS) is 1. The molecule has 0 saturated heterocycles. The minimum Gasteiger partial charge on any atom is -0.478 e. The third-order valence-electron chi connectivity index (χ3n) is 2.29. The van der Waals surface area contributed by atoms with Crippen LogP contribution >= 0.6 is 0 Å². The van der Waals surface area contributed by atoms with Crippen molar-refractivity contribution < 1.29 is 9.90 Å². The van der Waals surface area contributed by atoms with Gasteiger partial charge in [-0.15, -0.1) is 0 Å². The van der Waals surface area contributed by atoms with E-state index in [1.165, 1.54) is 0 Å². The Morgan fingerprint density at radius 3 is 2.60 bits per heavy atom. The Kier molecular flexibility index (Phi) is 3.86. The number of aryl methyl sites for hydroxylation is 1. The molecule has 0 aliphatic carbocycles. The minimum absolute atomic E-state index is 0.348. The van der Waals surface area contributed by atoms with Gasteiger partial charge in [-0.3, -0.25) is 0 Å². The summed E-state index contributed by atoms with van der Waals surface area (Å²) in [7, 11) is 0. The van der Waals surface area contributed by atoms with E-state index in [0.29, 0.717) is 11.6 Å². The zero-order valence-corrected chi connectivity index (χ0v) is 9.37. The molecule has 0 amide bonds. The molecule has 0 atom stereocenters. The van der Waals surface area contributed by atoms with Gasteiger partial charge in [0.25, 0.3) is 0 Å². The lowest BCUT2D eigenvalue weighted by Crippen LogP contribution is -2.22. The maximum atomic E-state index is 10.7. The molecule has 1 rings (SSSR count). The Hall–Kier alpha value is -1.35. The van der Waals surface area contributed by atoms with Crippen molar-refractivity contribution in [2.75, 3.05) is 0 Å². The molecule has 1 aromatic carbocycles. The molecule has 0 heterocycles. The van der Waals surface area contributed by atoms with Crippen LogP contribution in [0.15, 0.2) is 18.2 Å². The van der Waals surface area contributed by atoms with Crippen molar-refractivity contribution in [1.82, 2.24) is 5.32 Å². The molecule has 15 heavy (non-hydrogen) atoms. The first-order chi connectivity index (χ1) is 7.00. The largest absolute Gasteiger partial charge is 0.478 e. The van der Waals surface area contributed by atoms with Crippen molar-refractivity contribution in [2.24, 2.45) is 0 Å². The second kappa shape index (κ2) is 4.94. The summed E-state index contributed by atoms with van der Waals surface area (Å²) in [6.07, 6.45) is 0. The van der Waals surface area contributed by atoms with E-state index >= 15 is 0 Å². The molecule has 0 spiro atoms. The topological polar surface area (TPSA) is 49.3 Å². The van der Waals surface area contributed by atoms with E-state index in [0.717, 1.165) is 17.7 Å². The zero-order chi connectivity index (χ0) is 11.4. The SMILES string of the molecule is Cc1cc(C(=O)O)ccc1CNC(C)C. The van der Waals surface area contributed by atoms with Gasteiger partial charge in [0, 0.05) is 12.6 Å². The molecule has 0 aliphatic rings. The smallest absolute Gasteiger partial charge is 0.335 e. The van der Waals surface area contributed by atoms with Crippen LogP contribution < -0.4 is 5.32 Å². The number of rotatable bonds is 4. The van der Waals surface area contributed by atoms with Gasteiger partial charge in [0.2, 0.25) is 0 Å². The summed E-state index contributed by atoms with van der Waals surface area (Å²) >= 11 is 0. The van der Waals surface area contributed by atoms with E-state index < -0.39 is 5.97 Å². The fourth-order valence-electron chi connectivity index (χ4n) is 1.34. The molecule has 0 bridgehead atoms. The maximum Gasteiger partial charge on any atom is 0.335 e. The average Bonchev–Trinajstić information content (AvgIpc) is 2.15. The van der Waals surface area contributed by atoms with Crippen LogP contribution in [0.2, 0.25) is 0 Å². The highest BCUT2D eigenvalue weighted by Gasteiger charge is 2.05. The molecule has 2 N–H and O–H groups in total. The van der Waals surface area contributed by atoms with Gasteiger partial charge >= 0.3 is 5.97 Å². The second-order valence-electron chi connectivity index (χ2n) is 3.98. The summed E-state index contributed by atoms with van der Waals surface area (Å²) in [5, 5.41) is 12.1. The number of carboxylic acids is 1. The molecular weight excluding hydrogens is 190 g/mol. The van der Waals surface area contributed by atoms with Gasteiger partial charge in [0.1, 0.15) is 0 Å². The fraction of sp³-hybridized carbons (Fsp3) is 0.417. The Labute approximate surface area is 90.1 Å². The molecule has 0 aromatic heterocycles. The van der Waals surface area contributed by atoms with Crippen molar-refractivity contribution in [3.8, 4) is 0 Å². The van der Waals surface area contributed by atoms with Crippen LogP contribution in [-0.4, -0.2) is 17.1 Å². The van der Waals surface area contributed by atoms with E-state index in [9.17, 15) is 4.79 Å². The lowest BCUT2D eigenvalue weighted by molar-refractivity contribution is 0.0697. The highest BCUT2D eigenvalue weighted by atomic mass is 16.4. The summed E-state index contributed by atoms with van der Waals surface area (Å²) in [5.74, 6) is -0.874. The molecule has 0 fully saturated rings.